The van der Waals surface area contributed by atoms with Gasteiger partial charge in [0.25, 0.3) is 0 Å². The van der Waals surface area contributed by atoms with Gasteiger partial charge in [0.15, 0.2) is 11.6 Å². The Kier molecular flexibility index (Phi) is 5.60. The summed E-state index contributed by atoms with van der Waals surface area (Å²) in [6, 6.07) is 0. The maximum Gasteiger partial charge on any atom is 0.302 e. The van der Waals surface area contributed by atoms with Crippen LogP contribution in [0.5, 0.6) is 0 Å². The zero-order valence-electron chi connectivity index (χ0n) is 23.3. The second kappa shape index (κ2) is 7.78. The molecule has 3 saturated carbocycles. The van der Waals surface area contributed by atoms with E-state index in [1.165, 1.54) is 6.92 Å². The zero-order chi connectivity index (χ0) is 25.7. The molecule has 35 heavy (non-hydrogen) atoms. The van der Waals surface area contributed by atoms with Crippen molar-refractivity contribution in [2.75, 3.05) is 0 Å². The summed E-state index contributed by atoms with van der Waals surface area (Å²) in [5, 5.41) is 0. The minimum Gasteiger partial charge on any atom is -0.462 e. The molecule has 4 heteroatoms. The van der Waals surface area contributed by atoms with Crippen molar-refractivity contribution in [2.24, 2.45) is 51.2 Å². The molecule has 194 valence electrons. The first-order valence-corrected chi connectivity index (χ1v) is 14.1. The highest BCUT2D eigenvalue weighted by Crippen LogP contribution is 2.70. The van der Waals surface area contributed by atoms with Crippen molar-refractivity contribution in [3.05, 3.63) is 11.1 Å². The van der Waals surface area contributed by atoms with Gasteiger partial charge in [0.1, 0.15) is 6.10 Å². The van der Waals surface area contributed by atoms with Crippen molar-refractivity contribution in [3.8, 4) is 0 Å². The molecule has 0 aliphatic heterocycles. The SMILES string of the molecule is CC(=O)OC1CCC2(C)C3CC(=O)C4=C(C(=O)CC5(C)CCC(C)C(C)C45)C3(C)CCC2C1(C)C. The molecule has 5 aliphatic carbocycles. The molecule has 0 amide bonds. The van der Waals surface area contributed by atoms with Crippen LogP contribution in [0.4, 0.5) is 0 Å². The summed E-state index contributed by atoms with van der Waals surface area (Å²) in [5.74, 6) is 2.07. The van der Waals surface area contributed by atoms with Gasteiger partial charge in [-0.3, -0.25) is 14.4 Å². The fourth-order valence-electron chi connectivity index (χ4n) is 10.4. The fourth-order valence-corrected chi connectivity index (χ4v) is 10.4. The van der Waals surface area contributed by atoms with Gasteiger partial charge in [0.2, 0.25) is 0 Å². The number of Topliss-reactive ketones (excluding diaryl/α,β-unsaturated/α-hetero) is 2. The summed E-state index contributed by atoms with van der Waals surface area (Å²) in [6.45, 7) is 17.6. The van der Waals surface area contributed by atoms with Gasteiger partial charge < -0.3 is 4.74 Å². The molecule has 0 aromatic heterocycles. The smallest absolute Gasteiger partial charge is 0.302 e. The zero-order valence-corrected chi connectivity index (χ0v) is 23.3. The topological polar surface area (TPSA) is 60.4 Å². The molecule has 3 fully saturated rings. The molecule has 0 bridgehead atoms. The second-order valence-corrected chi connectivity index (χ2v) is 14.5. The van der Waals surface area contributed by atoms with Crippen LogP contribution in [0, 0.1) is 51.2 Å². The minimum absolute atomic E-state index is 0.0478. The predicted octanol–water partition coefficient (Wildman–Crippen LogP) is 6.71. The van der Waals surface area contributed by atoms with Crippen LogP contribution in [-0.4, -0.2) is 23.6 Å². The molecule has 0 N–H and O–H groups in total. The van der Waals surface area contributed by atoms with E-state index in [1.54, 1.807) is 0 Å². The van der Waals surface area contributed by atoms with Crippen LogP contribution in [0.3, 0.4) is 0 Å². The van der Waals surface area contributed by atoms with Gasteiger partial charge in [-0.2, -0.15) is 0 Å². The largest absolute Gasteiger partial charge is 0.462 e. The predicted molar refractivity (Wildman–Crippen MR) is 136 cm³/mol. The van der Waals surface area contributed by atoms with E-state index in [-0.39, 0.29) is 57.1 Å². The van der Waals surface area contributed by atoms with E-state index in [0.717, 1.165) is 49.7 Å². The Morgan fingerprint density at radius 1 is 0.886 bits per heavy atom. The molecule has 0 radical (unpaired) electrons. The van der Waals surface area contributed by atoms with Gasteiger partial charge in [0.05, 0.1) is 0 Å². The highest BCUT2D eigenvalue weighted by atomic mass is 16.5. The molecule has 0 aromatic carbocycles. The average Bonchev–Trinajstić information content (AvgIpc) is 2.74. The molecule has 0 spiro atoms. The number of hydrogen-bond acceptors (Lipinski definition) is 4. The molecule has 0 aromatic rings. The van der Waals surface area contributed by atoms with Crippen molar-refractivity contribution >= 4 is 17.5 Å². The molecule has 0 heterocycles. The Bertz CT molecular complexity index is 1010. The number of ether oxygens (including phenoxy) is 1. The van der Waals surface area contributed by atoms with Crippen LogP contribution < -0.4 is 0 Å². The van der Waals surface area contributed by atoms with Gasteiger partial charge in [0, 0.05) is 41.7 Å². The summed E-state index contributed by atoms with van der Waals surface area (Å²) in [5.41, 5.74) is 1.36. The Morgan fingerprint density at radius 2 is 1.57 bits per heavy atom. The molecule has 9 unspecified atom stereocenters. The van der Waals surface area contributed by atoms with Gasteiger partial charge in [-0.15, -0.1) is 0 Å². The van der Waals surface area contributed by atoms with Crippen LogP contribution in [0.1, 0.15) is 107 Å². The van der Waals surface area contributed by atoms with Crippen LogP contribution in [-0.2, 0) is 19.1 Å². The second-order valence-electron chi connectivity index (χ2n) is 14.5. The third-order valence-electron chi connectivity index (χ3n) is 12.3. The van der Waals surface area contributed by atoms with E-state index < -0.39 is 0 Å². The lowest BCUT2D eigenvalue weighted by molar-refractivity contribution is -0.191. The van der Waals surface area contributed by atoms with E-state index >= 15 is 0 Å². The Hall–Kier alpha value is -1.45. The highest BCUT2D eigenvalue weighted by molar-refractivity contribution is 6.10. The van der Waals surface area contributed by atoms with Crippen LogP contribution in [0.15, 0.2) is 11.1 Å². The van der Waals surface area contributed by atoms with Crippen LogP contribution in [0.25, 0.3) is 0 Å². The number of esters is 1. The quantitative estimate of drug-likeness (QED) is 0.390. The van der Waals surface area contributed by atoms with Crippen molar-refractivity contribution in [1.29, 1.82) is 0 Å². The lowest BCUT2D eigenvalue weighted by atomic mass is 9.38. The van der Waals surface area contributed by atoms with E-state index in [4.69, 9.17) is 4.74 Å². The molecule has 9 atom stereocenters. The fraction of sp³-hybridized carbons (Fsp3) is 0.839. The van der Waals surface area contributed by atoms with Gasteiger partial charge in [-0.05, 0) is 78.9 Å². The maximum atomic E-state index is 14.1. The first kappa shape index (κ1) is 25.2. The highest BCUT2D eigenvalue weighted by Gasteiger charge is 2.66. The van der Waals surface area contributed by atoms with E-state index in [1.807, 2.05) is 0 Å². The Morgan fingerprint density at radius 3 is 2.23 bits per heavy atom. The normalized spacial score (nSPS) is 48.9. The minimum atomic E-state index is -0.238. The van der Waals surface area contributed by atoms with Crippen LogP contribution in [0.2, 0.25) is 0 Å². The third kappa shape index (κ3) is 3.33. The Labute approximate surface area is 212 Å². The standard InChI is InChI=1S/C31H46O4/c1-17-9-12-29(6)16-21(34)27-25(26(29)18(17)2)20(33)15-23-30(7)14-11-24(35-19(3)32)28(4,5)22(30)10-13-31(23,27)8/h17-18,22-24,26H,9-16H2,1-8H3. The molecular formula is C31H46O4. The van der Waals surface area contributed by atoms with Crippen molar-refractivity contribution < 1.29 is 19.1 Å². The summed E-state index contributed by atoms with van der Waals surface area (Å²) in [7, 11) is 0. The summed E-state index contributed by atoms with van der Waals surface area (Å²) in [6.07, 6.45) is 7.01. The molecule has 4 nitrogen and oxygen atoms in total. The lowest BCUT2D eigenvalue weighted by Gasteiger charge is -2.66. The van der Waals surface area contributed by atoms with E-state index in [9.17, 15) is 14.4 Å². The monoisotopic (exact) mass is 482 g/mol. The first-order chi connectivity index (χ1) is 16.2. The summed E-state index contributed by atoms with van der Waals surface area (Å²) >= 11 is 0. The number of carbonyl (C=O) groups excluding carboxylic acids is 3. The maximum absolute atomic E-state index is 14.1. The first-order valence-electron chi connectivity index (χ1n) is 14.1. The number of allylic oxidation sites excluding steroid dienone is 2. The summed E-state index contributed by atoms with van der Waals surface area (Å²) in [4.78, 5) is 39.9. The third-order valence-corrected chi connectivity index (χ3v) is 12.3. The number of rotatable bonds is 1. The van der Waals surface area contributed by atoms with Gasteiger partial charge in [-0.25, -0.2) is 0 Å². The van der Waals surface area contributed by atoms with Crippen molar-refractivity contribution in [1.82, 2.24) is 0 Å². The van der Waals surface area contributed by atoms with E-state index in [0.29, 0.717) is 30.6 Å². The van der Waals surface area contributed by atoms with Crippen LogP contribution >= 0.6 is 0 Å². The van der Waals surface area contributed by atoms with E-state index in [2.05, 4.69) is 48.5 Å². The van der Waals surface area contributed by atoms with Gasteiger partial charge in [-0.1, -0.05) is 48.5 Å². The Balaban J connectivity index is 1.60. The molecule has 5 rings (SSSR count). The average molecular weight is 483 g/mol. The molecule has 5 aliphatic rings. The molecular weight excluding hydrogens is 436 g/mol. The van der Waals surface area contributed by atoms with Gasteiger partial charge >= 0.3 is 5.97 Å². The van der Waals surface area contributed by atoms with Crippen molar-refractivity contribution in [3.63, 3.8) is 0 Å². The lowest BCUT2D eigenvalue weighted by Crippen LogP contribution is -2.62. The number of hydrogen-bond donors (Lipinski definition) is 0. The number of fused-ring (bicyclic) bond motifs is 6. The molecule has 0 saturated heterocycles. The van der Waals surface area contributed by atoms with Crippen molar-refractivity contribution in [2.45, 2.75) is 113 Å². The number of carbonyl (C=O) groups is 3. The summed E-state index contributed by atoms with van der Waals surface area (Å²) < 4.78 is 5.81. The number of ketones is 2.